The molecule has 0 N–H and O–H groups in total. The first-order chi connectivity index (χ1) is 9.96. The number of nitrogens with zero attached hydrogens (tertiary/aromatic N) is 1. The van der Waals surface area contributed by atoms with Gasteiger partial charge in [-0.15, -0.1) is 0 Å². The number of carbonyl (C=O) groups is 1. The summed E-state index contributed by atoms with van der Waals surface area (Å²) in [5.74, 6) is 1.10. The highest BCUT2D eigenvalue weighted by molar-refractivity contribution is 5.99. The van der Waals surface area contributed by atoms with E-state index in [1.165, 1.54) is 0 Å². The standard InChI is InChI=1S/C18H29NO2/c1-7-9-19(10-8-2)12-17(20)16-11-13(3)18(21-6)15(5)14(16)4/h11H,7-10,12H2,1-6H3. The molecule has 0 bridgehead atoms. The van der Waals surface area contributed by atoms with E-state index in [1.807, 2.05) is 26.8 Å². The number of carbonyl (C=O) groups excluding carboxylic acids is 1. The van der Waals surface area contributed by atoms with Gasteiger partial charge in [-0.25, -0.2) is 0 Å². The maximum Gasteiger partial charge on any atom is 0.177 e. The van der Waals surface area contributed by atoms with Crippen LogP contribution in [0.25, 0.3) is 0 Å². The van der Waals surface area contributed by atoms with Gasteiger partial charge in [0.1, 0.15) is 5.75 Å². The molecule has 3 nitrogen and oxygen atoms in total. The molecule has 0 heterocycles. The Morgan fingerprint density at radius 2 is 1.67 bits per heavy atom. The van der Waals surface area contributed by atoms with E-state index < -0.39 is 0 Å². The van der Waals surface area contributed by atoms with Crippen molar-refractivity contribution in [1.82, 2.24) is 4.90 Å². The molecule has 0 aliphatic carbocycles. The first kappa shape index (κ1) is 17.7. The largest absolute Gasteiger partial charge is 0.496 e. The lowest BCUT2D eigenvalue weighted by molar-refractivity contribution is 0.0930. The van der Waals surface area contributed by atoms with Crippen LogP contribution in [0.5, 0.6) is 5.75 Å². The summed E-state index contributed by atoms with van der Waals surface area (Å²) in [7, 11) is 1.68. The lowest BCUT2D eigenvalue weighted by atomic mass is 9.95. The summed E-state index contributed by atoms with van der Waals surface area (Å²) >= 11 is 0. The van der Waals surface area contributed by atoms with Gasteiger partial charge in [-0.2, -0.15) is 0 Å². The van der Waals surface area contributed by atoms with Crippen molar-refractivity contribution in [3.63, 3.8) is 0 Å². The van der Waals surface area contributed by atoms with Crippen molar-refractivity contribution in [1.29, 1.82) is 0 Å². The fourth-order valence-electron chi connectivity index (χ4n) is 2.85. The highest BCUT2D eigenvalue weighted by Gasteiger charge is 2.18. The van der Waals surface area contributed by atoms with Crippen molar-refractivity contribution in [3.8, 4) is 5.75 Å². The van der Waals surface area contributed by atoms with Crippen molar-refractivity contribution in [2.45, 2.75) is 47.5 Å². The fourth-order valence-corrected chi connectivity index (χ4v) is 2.85. The van der Waals surface area contributed by atoms with Crippen molar-refractivity contribution in [3.05, 3.63) is 28.3 Å². The molecular formula is C18H29NO2. The molecule has 0 fully saturated rings. The summed E-state index contributed by atoms with van der Waals surface area (Å²) < 4.78 is 5.43. The molecule has 1 aromatic rings. The Hall–Kier alpha value is -1.35. The lowest BCUT2D eigenvalue weighted by Crippen LogP contribution is -2.31. The Bertz CT molecular complexity index is 488. The first-order valence-corrected chi connectivity index (χ1v) is 7.86. The number of benzene rings is 1. The smallest absolute Gasteiger partial charge is 0.177 e. The van der Waals surface area contributed by atoms with E-state index in [1.54, 1.807) is 7.11 Å². The van der Waals surface area contributed by atoms with Gasteiger partial charge in [0.2, 0.25) is 0 Å². The second-order valence-electron chi connectivity index (χ2n) is 5.72. The molecule has 0 saturated carbocycles. The average Bonchev–Trinajstić information content (AvgIpc) is 2.44. The summed E-state index contributed by atoms with van der Waals surface area (Å²) in [5.41, 5.74) is 3.97. The van der Waals surface area contributed by atoms with E-state index in [4.69, 9.17) is 4.74 Å². The normalized spacial score (nSPS) is 11.0. The Labute approximate surface area is 129 Å². The van der Waals surface area contributed by atoms with Gasteiger partial charge in [0.05, 0.1) is 13.7 Å². The molecule has 21 heavy (non-hydrogen) atoms. The van der Waals surface area contributed by atoms with E-state index >= 15 is 0 Å². The van der Waals surface area contributed by atoms with Gasteiger partial charge >= 0.3 is 0 Å². The predicted octanol–water partition coefficient (Wildman–Crippen LogP) is 3.93. The number of ether oxygens (including phenoxy) is 1. The second-order valence-corrected chi connectivity index (χ2v) is 5.72. The molecule has 1 aromatic carbocycles. The van der Waals surface area contributed by atoms with Gasteiger partial charge in [0, 0.05) is 5.56 Å². The fraction of sp³-hybridized carbons (Fsp3) is 0.611. The predicted molar refractivity (Wildman–Crippen MR) is 88.6 cm³/mol. The molecule has 3 heteroatoms. The highest BCUT2D eigenvalue weighted by Crippen LogP contribution is 2.28. The van der Waals surface area contributed by atoms with Crippen LogP contribution < -0.4 is 4.74 Å². The van der Waals surface area contributed by atoms with Crippen molar-refractivity contribution < 1.29 is 9.53 Å². The van der Waals surface area contributed by atoms with Gasteiger partial charge < -0.3 is 4.74 Å². The number of rotatable bonds is 8. The zero-order valence-corrected chi connectivity index (χ0v) is 14.4. The zero-order valence-electron chi connectivity index (χ0n) is 14.4. The molecule has 0 spiro atoms. The first-order valence-electron chi connectivity index (χ1n) is 7.86. The summed E-state index contributed by atoms with van der Waals surface area (Å²) in [6.07, 6.45) is 2.15. The third-order valence-electron chi connectivity index (χ3n) is 3.98. The van der Waals surface area contributed by atoms with Crippen LogP contribution >= 0.6 is 0 Å². The molecule has 0 aromatic heterocycles. The van der Waals surface area contributed by atoms with E-state index in [0.29, 0.717) is 6.54 Å². The van der Waals surface area contributed by atoms with Gasteiger partial charge in [0.25, 0.3) is 0 Å². The van der Waals surface area contributed by atoms with Crippen LogP contribution in [0.15, 0.2) is 6.07 Å². The Morgan fingerprint density at radius 3 is 2.14 bits per heavy atom. The van der Waals surface area contributed by atoms with Crippen LogP contribution in [0.3, 0.4) is 0 Å². The number of Topliss-reactive ketones (excluding diaryl/α,β-unsaturated/α-hetero) is 1. The van der Waals surface area contributed by atoms with E-state index in [9.17, 15) is 4.79 Å². The molecule has 0 atom stereocenters. The van der Waals surface area contributed by atoms with Gasteiger partial charge in [0.15, 0.2) is 5.78 Å². The third kappa shape index (κ3) is 4.31. The summed E-state index contributed by atoms with van der Waals surface area (Å²) in [6.45, 7) is 12.8. The topological polar surface area (TPSA) is 29.5 Å². The molecule has 1 rings (SSSR count). The average molecular weight is 291 g/mol. The SMILES string of the molecule is CCCN(CCC)CC(=O)c1cc(C)c(OC)c(C)c1C. The van der Waals surface area contributed by atoms with Crippen LogP contribution in [0, 0.1) is 20.8 Å². The number of hydrogen-bond donors (Lipinski definition) is 0. The van der Waals surface area contributed by atoms with Crippen molar-refractivity contribution in [2.75, 3.05) is 26.7 Å². The number of methoxy groups -OCH3 is 1. The number of ketones is 1. The maximum absolute atomic E-state index is 12.6. The molecule has 0 aliphatic rings. The molecule has 0 unspecified atom stereocenters. The summed E-state index contributed by atoms with van der Waals surface area (Å²) in [6, 6.07) is 1.97. The molecule has 0 aliphatic heterocycles. The molecule has 118 valence electrons. The summed E-state index contributed by atoms with van der Waals surface area (Å²) in [4.78, 5) is 14.9. The molecule has 0 saturated heterocycles. The maximum atomic E-state index is 12.6. The molecule has 0 amide bonds. The van der Waals surface area contributed by atoms with Gasteiger partial charge in [-0.05, 0) is 69.5 Å². The van der Waals surface area contributed by atoms with Crippen LogP contribution in [0.1, 0.15) is 53.7 Å². The van der Waals surface area contributed by atoms with Crippen LogP contribution in [-0.4, -0.2) is 37.4 Å². The number of aryl methyl sites for hydroxylation is 1. The number of hydrogen-bond acceptors (Lipinski definition) is 3. The Kier molecular flexibility index (Phi) is 6.90. The van der Waals surface area contributed by atoms with Crippen LogP contribution in [0.4, 0.5) is 0 Å². The van der Waals surface area contributed by atoms with E-state index in [0.717, 1.165) is 53.9 Å². The van der Waals surface area contributed by atoms with Gasteiger partial charge in [-0.3, -0.25) is 9.69 Å². The zero-order chi connectivity index (χ0) is 16.0. The molecular weight excluding hydrogens is 262 g/mol. The second kappa shape index (κ2) is 8.18. The highest BCUT2D eigenvalue weighted by atomic mass is 16.5. The summed E-state index contributed by atoms with van der Waals surface area (Å²) in [5, 5.41) is 0. The van der Waals surface area contributed by atoms with Gasteiger partial charge in [-0.1, -0.05) is 13.8 Å². The van der Waals surface area contributed by atoms with Crippen molar-refractivity contribution in [2.24, 2.45) is 0 Å². The minimum atomic E-state index is 0.211. The minimum absolute atomic E-state index is 0.211. The minimum Gasteiger partial charge on any atom is -0.496 e. The van der Waals surface area contributed by atoms with Crippen LogP contribution in [-0.2, 0) is 0 Å². The van der Waals surface area contributed by atoms with E-state index in [2.05, 4.69) is 18.7 Å². The molecule has 0 radical (unpaired) electrons. The Morgan fingerprint density at radius 1 is 1.10 bits per heavy atom. The van der Waals surface area contributed by atoms with Crippen LogP contribution in [0.2, 0.25) is 0 Å². The quantitative estimate of drug-likeness (QED) is 0.680. The lowest BCUT2D eigenvalue weighted by Gasteiger charge is -2.21. The van der Waals surface area contributed by atoms with E-state index in [-0.39, 0.29) is 5.78 Å². The monoisotopic (exact) mass is 291 g/mol. The third-order valence-corrected chi connectivity index (χ3v) is 3.98. The van der Waals surface area contributed by atoms with Crippen molar-refractivity contribution >= 4 is 5.78 Å². The Balaban J connectivity index is 3.02.